The highest BCUT2D eigenvalue weighted by atomic mass is 16.2. The summed E-state index contributed by atoms with van der Waals surface area (Å²) in [6, 6.07) is 3.57. The van der Waals surface area contributed by atoms with Crippen LogP contribution in [0.4, 0.5) is 0 Å². The molecule has 0 radical (unpaired) electrons. The van der Waals surface area contributed by atoms with Crippen LogP contribution in [0, 0.1) is 5.92 Å². The molecule has 0 aromatic carbocycles. The Morgan fingerprint density at radius 2 is 2.05 bits per heavy atom. The molecular formula is C15H25N3O. The van der Waals surface area contributed by atoms with Crippen LogP contribution in [-0.2, 0) is 11.3 Å². The third kappa shape index (κ3) is 4.99. The molecule has 1 rings (SSSR count). The van der Waals surface area contributed by atoms with Crippen LogP contribution < -0.4 is 5.73 Å². The normalized spacial score (nSPS) is 12.8. The minimum Gasteiger partial charge on any atom is -0.335 e. The van der Waals surface area contributed by atoms with Crippen molar-refractivity contribution < 1.29 is 4.79 Å². The van der Waals surface area contributed by atoms with Gasteiger partial charge in [-0.2, -0.15) is 0 Å². The number of hydrogen-bond acceptors (Lipinski definition) is 3. The van der Waals surface area contributed by atoms with Gasteiger partial charge in [0.1, 0.15) is 0 Å². The molecule has 0 aliphatic carbocycles. The lowest BCUT2D eigenvalue weighted by molar-refractivity contribution is -0.135. The average molecular weight is 263 g/mol. The molecule has 0 unspecified atom stereocenters. The lowest BCUT2D eigenvalue weighted by Gasteiger charge is -2.30. The second-order valence-electron chi connectivity index (χ2n) is 5.66. The molecule has 1 aromatic rings. The van der Waals surface area contributed by atoms with Gasteiger partial charge in [0.15, 0.2) is 0 Å². The Morgan fingerprint density at radius 3 is 2.53 bits per heavy atom. The van der Waals surface area contributed by atoms with Gasteiger partial charge in [-0.25, -0.2) is 0 Å². The van der Waals surface area contributed by atoms with Crippen molar-refractivity contribution in [2.24, 2.45) is 11.7 Å². The Bertz CT molecular complexity index is 390. The van der Waals surface area contributed by atoms with Crippen molar-refractivity contribution in [2.45, 2.75) is 52.7 Å². The van der Waals surface area contributed by atoms with E-state index in [4.69, 9.17) is 5.73 Å². The van der Waals surface area contributed by atoms with Gasteiger partial charge in [0, 0.05) is 25.0 Å². The zero-order valence-electron chi connectivity index (χ0n) is 12.3. The zero-order valence-corrected chi connectivity index (χ0v) is 12.3. The van der Waals surface area contributed by atoms with Crippen molar-refractivity contribution in [2.75, 3.05) is 0 Å². The maximum atomic E-state index is 12.4. The first-order valence-corrected chi connectivity index (χ1v) is 6.86. The Labute approximate surface area is 116 Å². The molecule has 0 bridgehead atoms. The number of rotatable bonds is 6. The predicted octanol–water partition coefficient (Wildman–Crippen LogP) is 2.19. The van der Waals surface area contributed by atoms with Crippen molar-refractivity contribution >= 4 is 5.91 Å². The first-order chi connectivity index (χ1) is 8.91. The molecule has 4 nitrogen and oxygen atoms in total. The third-order valence-electron chi connectivity index (χ3n) is 3.02. The van der Waals surface area contributed by atoms with E-state index >= 15 is 0 Å². The Balaban J connectivity index is 2.75. The quantitative estimate of drug-likeness (QED) is 0.856. The van der Waals surface area contributed by atoms with Crippen molar-refractivity contribution in [3.05, 3.63) is 30.1 Å². The van der Waals surface area contributed by atoms with Gasteiger partial charge in [0.2, 0.25) is 5.91 Å². The average Bonchev–Trinajstić information content (AvgIpc) is 2.35. The zero-order chi connectivity index (χ0) is 14.4. The van der Waals surface area contributed by atoms with Crippen LogP contribution in [-0.4, -0.2) is 27.9 Å². The van der Waals surface area contributed by atoms with Crippen molar-refractivity contribution in [3.63, 3.8) is 0 Å². The van der Waals surface area contributed by atoms with E-state index in [1.165, 1.54) is 0 Å². The Kier molecular flexibility index (Phi) is 5.96. The molecule has 0 aliphatic heterocycles. The molecular weight excluding hydrogens is 238 g/mol. The van der Waals surface area contributed by atoms with Gasteiger partial charge in [-0.05, 0) is 37.8 Å². The Hall–Kier alpha value is -1.42. The van der Waals surface area contributed by atoms with Crippen LogP contribution in [0.25, 0.3) is 0 Å². The standard InChI is InChI=1S/C15H25N3O/c1-11(2)8-14(16)15(19)18(12(3)4)10-13-6-5-7-17-9-13/h5-7,9,11-12,14H,8,10,16H2,1-4H3/t14-/m0/s1. The number of carbonyl (C=O) groups excluding carboxylic acids is 1. The van der Waals surface area contributed by atoms with Crippen LogP contribution in [0.2, 0.25) is 0 Å². The van der Waals surface area contributed by atoms with Gasteiger partial charge in [0.05, 0.1) is 6.04 Å². The molecule has 0 aliphatic rings. The highest BCUT2D eigenvalue weighted by Gasteiger charge is 2.23. The molecule has 1 aromatic heterocycles. The van der Waals surface area contributed by atoms with Crippen LogP contribution >= 0.6 is 0 Å². The number of nitrogens with two attached hydrogens (primary N) is 1. The number of aromatic nitrogens is 1. The maximum Gasteiger partial charge on any atom is 0.240 e. The summed E-state index contributed by atoms with van der Waals surface area (Å²) in [7, 11) is 0. The summed E-state index contributed by atoms with van der Waals surface area (Å²) in [5.74, 6) is 0.443. The molecule has 1 amide bonds. The number of pyridine rings is 1. The van der Waals surface area contributed by atoms with Crippen LogP contribution in [0.1, 0.15) is 39.7 Å². The highest BCUT2D eigenvalue weighted by molar-refractivity contribution is 5.81. The van der Waals surface area contributed by atoms with E-state index in [2.05, 4.69) is 18.8 Å². The summed E-state index contributed by atoms with van der Waals surface area (Å²) in [6.07, 6.45) is 4.24. The SMILES string of the molecule is CC(C)C[C@H](N)C(=O)N(Cc1cccnc1)C(C)C. The van der Waals surface area contributed by atoms with Crippen LogP contribution in [0.15, 0.2) is 24.5 Å². The summed E-state index contributed by atoms with van der Waals surface area (Å²) in [4.78, 5) is 18.3. The van der Waals surface area contributed by atoms with E-state index in [1.54, 1.807) is 12.4 Å². The van der Waals surface area contributed by atoms with E-state index < -0.39 is 6.04 Å². The monoisotopic (exact) mass is 263 g/mol. The molecule has 19 heavy (non-hydrogen) atoms. The van der Waals surface area contributed by atoms with Gasteiger partial charge < -0.3 is 10.6 Å². The third-order valence-corrected chi connectivity index (χ3v) is 3.02. The highest BCUT2D eigenvalue weighted by Crippen LogP contribution is 2.12. The largest absolute Gasteiger partial charge is 0.335 e. The van der Waals surface area contributed by atoms with Gasteiger partial charge in [-0.1, -0.05) is 19.9 Å². The summed E-state index contributed by atoms with van der Waals surface area (Å²) in [5.41, 5.74) is 7.03. The number of carbonyl (C=O) groups is 1. The van der Waals surface area contributed by atoms with E-state index in [9.17, 15) is 4.79 Å². The lowest BCUT2D eigenvalue weighted by Crippen LogP contribution is -2.47. The second kappa shape index (κ2) is 7.24. The fourth-order valence-corrected chi connectivity index (χ4v) is 2.03. The first-order valence-electron chi connectivity index (χ1n) is 6.86. The minimum absolute atomic E-state index is 0.0209. The second-order valence-corrected chi connectivity index (χ2v) is 5.66. The summed E-state index contributed by atoms with van der Waals surface area (Å²) < 4.78 is 0. The van der Waals surface area contributed by atoms with Crippen molar-refractivity contribution in [1.29, 1.82) is 0 Å². The fourth-order valence-electron chi connectivity index (χ4n) is 2.03. The number of amides is 1. The van der Waals surface area contributed by atoms with Crippen LogP contribution in [0.5, 0.6) is 0 Å². The van der Waals surface area contributed by atoms with Gasteiger partial charge >= 0.3 is 0 Å². The number of hydrogen-bond donors (Lipinski definition) is 1. The van der Waals surface area contributed by atoms with E-state index in [-0.39, 0.29) is 11.9 Å². The fraction of sp³-hybridized carbons (Fsp3) is 0.600. The van der Waals surface area contributed by atoms with E-state index in [0.717, 1.165) is 12.0 Å². The first kappa shape index (κ1) is 15.6. The van der Waals surface area contributed by atoms with Crippen molar-refractivity contribution in [1.82, 2.24) is 9.88 Å². The van der Waals surface area contributed by atoms with Gasteiger partial charge in [-0.15, -0.1) is 0 Å². The van der Waals surface area contributed by atoms with Gasteiger partial charge in [-0.3, -0.25) is 9.78 Å². The van der Waals surface area contributed by atoms with Gasteiger partial charge in [0.25, 0.3) is 0 Å². The summed E-state index contributed by atoms with van der Waals surface area (Å²) >= 11 is 0. The molecule has 0 saturated carbocycles. The minimum atomic E-state index is -0.418. The molecule has 0 saturated heterocycles. The summed E-state index contributed by atoms with van der Waals surface area (Å²) in [5, 5.41) is 0. The molecule has 2 N–H and O–H groups in total. The molecule has 106 valence electrons. The predicted molar refractivity (Wildman–Crippen MR) is 77.4 cm³/mol. The van der Waals surface area contributed by atoms with Crippen molar-refractivity contribution in [3.8, 4) is 0 Å². The molecule has 0 fully saturated rings. The number of nitrogens with zero attached hydrogens (tertiary/aromatic N) is 2. The van der Waals surface area contributed by atoms with E-state index in [1.807, 2.05) is 30.9 Å². The Morgan fingerprint density at radius 1 is 1.37 bits per heavy atom. The topological polar surface area (TPSA) is 59.2 Å². The molecule has 1 heterocycles. The lowest BCUT2D eigenvalue weighted by atomic mass is 10.0. The smallest absolute Gasteiger partial charge is 0.240 e. The summed E-state index contributed by atoms with van der Waals surface area (Å²) in [6.45, 7) is 8.74. The molecule has 4 heteroatoms. The maximum absolute atomic E-state index is 12.4. The molecule has 0 spiro atoms. The van der Waals surface area contributed by atoms with E-state index in [0.29, 0.717) is 12.5 Å². The van der Waals surface area contributed by atoms with Crippen LogP contribution in [0.3, 0.4) is 0 Å². The molecule has 1 atom stereocenters.